The molecule has 1 aliphatic rings. The van der Waals surface area contributed by atoms with Crippen molar-refractivity contribution in [1.82, 2.24) is 14.4 Å². The molecule has 0 radical (unpaired) electrons. The van der Waals surface area contributed by atoms with Crippen LogP contribution < -0.4 is 11.3 Å². The molecule has 136 valence electrons. The predicted molar refractivity (Wildman–Crippen MR) is 97.4 cm³/mol. The Labute approximate surface area is 151 Å². The van der Waals surface area contributed by atoms with Crippen LogP contribution in [0, 0.1) is 0 Å². The Bertz CT molecular complexity index is 863. The molecule has 1 saturated heterocycles. The lowest BCUT2D eigenvalue weighted by molar-refractivity contribution is -0.124. The zero-order valence-electron chi connectivity index (χ0n) is 14.7. The molecule has 2 N–H and O–H groups in total. The Hall–Kier alpha value is -2.93. The van der Waals surface area contributed by atoms with Crippen molar-refractivity contribution in [3.63, 3.8) is 0 Å². The van der Waals surface area contributed by atoms with Gasteiger partial charge < -0.3 is 15.2 Å². The summed E-state index contributed by atoms with van der Waals surface area (Å²) >= 11 is 0. The molecule has 7 nitrogen and oxygen atoms in total. The maximum Gasteiger partial charge on any atom is 0.254 e. The average Bonchev–Trinajstić information content (AvgIpc) is 2.64. The molecule has 1 aromatic carbocycles. The van der Waals surface area contributed by atoms with Crippen molar-refractivity contribution in [1.29, 1.82) is 0 Å². The van der Waals surface area contributed by atoms with Gasteiger partial charge in [-0.1, -0.05) is 30.3 Å². The minimum Gasteiger partial charge on any atom is -0.368 e. The van der Waals surface area contributed by atoms with Crippen molar-refractivity contribution in [2.75, 3.05) is 19.6 Å². The number of aromatic nitrogens is 1. The average molecular weight is 354 g/mol. The van der Waals surface area contributed by atoms with Gasteiger partial charge in [0, 0.05) is 51.1 Å². The van der Waals surface area contributed by atoms with E-state index in [9.17, 15) is 14.4 Å². The summed E-state index contributed by atoms with van der Waals surface area (Å²) in [5.41, 5.74) is 6.70. The molecule has 1 unspecified atom stereocenters. The normalized spacial score (nSPS) is 17.9. The van der Waals surface area contributed by atoms with E-state index in [1.807, 2.05) is 30.3 Å². The molecular weight excluding hydrogens is 332 g/mol. The van der Waals surface area contributed by atoms with Crippen molar-refractivity contribution >= 4 is 11.8 Å². The number of benzene rings is 1. The molecule has 1 atom stereocenters. The van der Waals surface area contributed by atoms with Crippen LogP contribution in [0.2, 0.25) is 0 Å². The van der Waals surface area contributed by atoms with Crippen molar-refractivity contribution < 1.29 is 9.59 Å². The van der Waals surface area contributed by atoms with E-state index >= 15 is 0 Å². The number of hydrogen-bond donors (Lipinski definition) is 1. The number of nitrogens with zero attached hydrogens (tertiary/aromatic N) is 3. The third-order valence-electron chi connectivity index (χ3n) is 4.65. The molecule has 0 aliphatic carbocycles. The topological polar surface area (TPSA) is 88.6 Å². The van der Waals surface area contributed by atoms with Crippen molar-refractivity contribution in [2.24, 2.45) is 12.8 Å². The van der Waals surface area contributed by atoms with Crippen LogP contribution in [0.5, 0.6) is 0 Å². The van der Waals surface area contributed by atoms with Gasteiger partial charge in [0.25, 0.3) is 11.5 Å². The smallest absolute Gasteiger partial charge is 0.254 e. The Balaban J connectivity index is 1.76. The van der Waals surface area contributed by atoms with Gasteiger partial charge in [0.2, 0.25) is 5.91 Å². The van der Waals surface area contributed by atoms with Crippen molar-refractivity contribution in [3.8, 4) is 0 Å². The first kappa shape index (κ1) is 17.9. The first-order valence-corrected chi connectivity index (χ1v) is 8.49. The highest BCUT2D eigenvalue weighted by molar-refractivity contribution is 5.97. The standard InChI is InChI=1S/C19H22N4O3/c1-21-8-7-15(11-17(21)24)19(26)23-10-9-22(13-16(23)18(20)25)12-14-5-3-2-4-6-14/h2-8,11,16H,9-10,12-13H2,1H3,(H2,20,25). The molecule has 1 aromatic heterocycles. The highest BCUT2D eigenvalue weighted by Gasteiger charge is 2.34. The number of aryl methyl sites for hydroxylation is 1. The summed E-state index contributed by atoms with van der Waals surface area (Å²) in [5, 5.41) is 0. The number of carbonyl (C=O) groups is 2. The second-order valence-electron chi connectivity index (χ2n) is 6.50. The monoisotopic (exact) mass is 354 g/mol. The first-order valence-electron chi connectivity index (χ1n) is 8.49. The molecule has 1 fully saturated rings. The molecule has 0 spiro atoms. The molecule has 2 amide bonds. The fourth-order valence-electron chi connectivity index (χ4n) is 3.16. The lowest BCUT2D eigenvalue weighted by atomic mass is 10.1. The number of rotatable bonds is 4. The van der Waals surface area contributed by atoms with E-state index in [1.54, 1.807) is 19.3 Å². The van der Waals surface area contributed by atoms with Crippen LogP contribution in [0.1, 0.15) is 15.9 Å². The van der Waals surface area contributed by atoms with Crippen LogP contribution in [0.4, 0.5) is 0 Å². The zero-order valence-corrected chi connectivity index (χ0v) is 14.7. The minimum atomic E-state index is -0.718. The lowest BCUT2D eigenvalue weighted by Gasteiger charge is -2.40. The Kier molecular flexibility index (Phi) is 5.18. The van der Waals surface area contributed by atoms with Crippen LogP contribution in [0.15, 0.2) is 53.5 Å². The van der Waals surface area contributed by atoms with E-state index in [0.29, 0.717) is 26.2 Å². The van der Waals surface area contributed by atoms with Gasteiger partial charge in [-0.2, -0.15) is 0 Å². The highest BCUT2D eigenvalue weighted by Crippen LogP contribution is 2.16. The molecule has 3 rings (SSSR count). The number of piperazine rings is 1. The van der Waals surface area contributed by atoms with Crippen LogP contribution in [-0.2, 0) is 18.4 Å². The predicted octanol–water partition coefficient (Wildman–Crippen LogP) is 0.197. The summed E-state index contributed by atoms with van der Waals surface area (Å²) in [7, 11) is 1.62. The summed E-state index contributed by atoms with van der Waals surface area (Å²) in [4.78, 5) is 40.1. The lowest BCUT2D eigenvalue weighted by Crippen LogP contribution is -2.59. The molecule has 7 heteroatoms. The summed E-state index contributed by atoms with van der Waals surface area (Å²) in [5.74, 6) is -0.884. The summed E-state index contributed by atoms with van der Waals surface area (Å²) in [6, 6.07) is 12.1. The fraction of sp³-hybridized carbons (Fsp3) is 0.316. The molecule has 0 saturated carbocycles. The van der Waals surface area contributed by atoms with Crippen LogP contribution in [0.3, 0.4) is 0 Å². The zero-order chi connectivity index (χ0) is 18.7. The third kappa shape index (κ3) is 3.83. The fourth-order valence-corrected chi connectivity index (χ4v) is 3.16. The first-order chi connectivity index (χ1) is 12.5. The van der Waals surface area contributed by atoms with Crippen LogP contribution in [0.25, 0.3) is 0 Å². The van der Waals surface area contributed by atoms with E-state index in [4.69, 9.17) is 5.73 Å². The van der Waals surface area contributed by atoms with E-state index in [0.717, 1.165) is 5.56 Å². The van der Waals surface area contributed by atoms with Gasteiger partial charge in [-0.3, -0.25) is 19.3 Å². The largest absolute Gasteiger partial charge is 0.368 e. The quantitative estimate of drug-likeness (QED) is 0.849. The van der Waals surface area contributed by atoms with E-state index in [2.05, 4.69) is 4.90 Å². The number of primary amides is 1. The number of amides is 2. The maximum absolute atomic E-state index is 12.8. The highest BCUT2D eigenvalue weighted by atomic mass is 16.2. The number of hydrogen-bond acceptors (Lipinski definition) is 4. The Morgan fingerprint density at radius 1 is 1.15 bits per heavy atom. The van der Waals surface area contributed by atoms with Gasteiger partial charge in [-0.15, -0.1) is 0 Å². The molecule has 2 heterocycles. The third-order valence-corrected chi connectivity index (χ3v) is 4.65. The number of nitrogens with two attached hydrogens (primary N) is 1. The Morgan fingerprint density at radius 3 is 2.54 bits per heavy atom. The number of pyridine rings is 1. The van der Waals surface area contributed by atoms with Crippen LogP contribution in [-0.4, -0.2) is 51.9 Å². The summed E-state index contributed by atoms with van der Waals surface area (Å²) in [6.07, 6.45) is 1.54. The van der Waals surface area contributed by atoms with Gasteiger partial charge >= 0.3 is 0 Å². The molecule has 2 aromatic rings. The van der Waals surface area contributed by atoms with Gasteiger partial charge in [-0.05, 0) is 11.6 Å². The maximum atomic E-state index is 12.8. The second-order valence-corrected chi connectivity index (χ2v) is 6.50. The van der Waals surface area contributed by atoms with Gasteiger partial charge in [0.15, 0.2) is 0 Å². The number of carbonyl (C=O) groups excluding carboxylic acids is 2. The molecule has 0 bridgehead atoms. The molecular formula is C19H22N4O3. The van der Waals surface area contributed by atoms with Gasteiger partial charge in [0.1, 0.15) is 6.04 Å². The Morgan fingerprint density at radius 2 is 1.88 bits per heavy atom. The van der Waals surface area contributed by atoms with Gasteiger partial charge in [-0.25, -0.2) is 0 Å². The summed E-state index contributed by atoms with van der Waals surface area (Å²) in [6.45, 7) is 2.09. The SMILES string of the molecule is Cn1ccc(C(=O)N2CCN(Cc3ccccc3)CC2C(N)=O)cc1=O. The van der Waals surface area contributed by atoms with Crippen LogP contribution >= 0.6 is 0 Å². The van der Waals surface area contributed by atoms with E-state index in [-0.39, 0.29) is 17.0 Å². The van der Waals surface area contributed by atoms with E-state index < -0.39 is 11.9 Å². The van der Waals surface area contributed by atoms with Gasteiger partial charge in [0.05, 0.1) is 0 Å². The van der Waals surface area contributed by atoms with Crippen molar-refractivity contribution in [3.05, 3.63) is 70.1 Å². The molecule has 26 heavy (non-hydrogen) atoms. The second kappa shape index (κ2) is 7.53. The minimum absolute atomic E-state index is 0.269. The van der Waals surface area contributed by atoms with Crippen molar-refractivity contribution in [2.45, 2.75) is 12.6 Å². The molecule has 1 aliphatic heterocycles. The van der Waals surface area contributed by atoms with E-state index in [1.165, 1.54) is 15.5 Å². The summed E-state index contributed by atoms with van der Waals surface area (Å²) < 4.78 is 1.39.